The van der Waals surface area contributed by atoms with Gasteiger partial charge in [0.05, 0.1) is 0 Å². The Morgan fingerprint density at radius 3 is 2.21 bits per heavy atom. The molecule has 0 nitrogen and oxygen atoms in total. The van der Waals surface area contributed by atoms with Crippen LogP contribution in [0.15, 0.2) is 84.9 Å². The first kappa shape index (κ1) is 21.5. The van der Waals surface area contributed by atoms with E-state index < -0.39 is 0 Å². The van der Waals surface area contributed by atoms with Crippen LogP contribution in [0.2, 0.25) is 0 Å². The molecule has 0 bridgehead atoms. The zero-order valence-corrected chi connectivity index (χ0v) is 20.9. The summed E-state index contributed by atoms with van der Waals surface area (Å²) in [5, 5.41) is 4.71. The van der Waals surface area contributed by atoms with Gasteiger partial charge in [0.15, 0.2) is 0 Å². The Morgan fingerprint density at radius 2 is 1.32 bits per heavy atom. The van der Waals surface area contributed by atoms with E-state index in [1.165, 1.54) is 16.2 Å². The van der Waals surface area contributed by atoms with Crippen molar-refractivity contribution < 1.29 is 65.4 Å². The monoisotopic (exact) mass is 504 g/mol. The van der Waals surface area contributed by atoms with Gasteiger partial charge in [-0.1, -0.05) is 47.9 Å². The molecule has 0 aliphatic carbocycles. The normalized spacial score (nSPS) is 10.3. The molecule has 0 saturated heterocycles. The maximum Gasteiger partial charge on any atom is 0 e. The van der Waals surface area contributed by atoms with Crippen LogP contribution in [0.5, 0.6) is 0 Å². The van der Waals surface area contributed by atoms with E-state index in [9.17, 15) is 0 Å². The van der Waals surface area contributed by atoms with Gasteiger partial charge in [-0.15, -0.1) is 46.5 Å². The fraction of sp³-hybridized carbons (Fsp3) is 0. The van der Waals surface area contributed by atoms with Crippen molar-refractivity contribution in [1.82, 2.24) is 0 Å². The molecule has 5 aromatic rings. The average molecular weight is 504 g/mol. The molecule has 5 rings (SSSR count). The summed E-state index contributed by atoms with van der Waals surface area (Å²) in [6.45, 7) is 0. The molecule has 0 unspecified atom stereocenters. The average Bonchev–Trinajstić information content (AvgIpc) is 2.73. The van der Waals surface area contributed by atoms with E-state index >= 15 is 0 Å². The topological polar surface area (TPSA) is 0 Å². The molecule has 5 aromatic carbocycles. The van der Waals surface area contributed by atoms with Crippen LogP contribution < -0.4 is 0 Å². The molecule has 0 aliphatic heterocycles. The molecule has 28 heavy (non-hydrogen) atoms. The fourth-order valence-corrected chi connectivity index (χ4v) is 3.38. The van der Waals surface area contributed by atoms with Crippen molar-refractivity contribution in [3.05, 3.63) is 109 Å². The van der Waals surface area contributed by atoms with Crippen molar-refractivity contribution >= 4 is 21.5 Å². The van der Waals surface area contributed by atoms with Gasteiger partial charge >= 0.3 is 0 Å². The minimum absolute atomic E-state index is 0. The Labute approximate surface area is 216 Å². The summed E-state index contributed by atoms with van der Waals surface area (Å²) >= 11 is 0. The summed E-state index contributed by atoms with van der Waals surface area (Å²) < 4.78 is 0. The zero-order valence-electron chi connectivity index (χ0n) is 15.2. The summed E-state index contributed by atoms with van der Waals surface area (Å²) in [5.74, 6) is 0. The number of hydrogen-bond acceptors (Lipinski definition) is 0. The van der Waals surface area contributed by atoms with Crippen molar-refractivity contribution in [1.29, 1.82) is 0 Å². The van der Waals surface area contributed by atoms with Crippen LogP contribution in [0.25, 0.3) is 43.8 Å². The Balaban J connectivity index is 0.00000112. The van der Waals surface area contributed by atoms with Crippen LogP contribution in [0.1, 0.15) is 0 Å². The molecule has 0 N–H and O–H groups in total. The van der Waals surface area contributed by atoms with E-state index in [-0.39, 0.29) is 65.4 Å². The molecule has 0 amide bonds. The molecule has 128 valence electrons. The van der Waals surface area contributed by atoms with E-state index in [1.54, 1.807) is 0 Å². The van der Waals surface area contributed by atoms with Crippen molar-refractivity contribution in [2.24, 2.45) is 0 Å². The SMILES string of the molecule is [Y].[Y].[c-]1c[c-]c(-c2[c-]ccc3ccccc23)cc1-c1[c-]c2ccccc2cc1. The second-order valence-corrected chi connectivity index (χ2v) is 6.30. The molecule has 0 aliphatic rings. The second kappa shape index (κ2) is 9.55. The van der Waals surface area contributed by atoms with Crippen LogP contribution in [-0.4, -0.2) is 0 Å². The van der Waals surface area contributed by atoms with Crippen LogP contribution in [0.4, 0.5) is 0 Å². The van der Waals surface area contributed by atoms with E-state index in [1.807, 2.05) is 24.3 Å². The number of rotatable bonds is 2. The predicted octanol–water partition coefficient (Wildman–Crippen LogP) is 6.52. The van der Waals surface area contributed by atoms with Crippen molar-refractivity contribution in [2.75, 3.05) is 0 Å². The summed E-state index contributed by atoms with van der Waals surface area (Å²) in [6.07, 6.45) is 0. The molecule has 0 saturated carbocycles. The summed E-state index contributed by atoms with van der Waals surface area (Å²) in [7, 11) is 0. The van der Waals surface area contributed by atoms with Gasteiger partial charge < -0.3 is 23.8 Å². The first-order chi connectivity index (χ1) is 12.9. The molecular weight excluding hydrogens is 490 g/mol. The van der Waals surface area contributed by atoms with Gasteiger partial charge in [-0.2, -0.15) is 5.56 Å². The van der Waals surface area contributed by atoms with Gasteiger partial charge in [0.25, 0.3) is 0 Å². The number of fused-ring (bicyclic) bond motifs is 2. The third kappa shape index (κ3) is 4.22. The molecule has 0 heterocycles. The van der Waals surface area contributed by atoms with Crippen molar-refractivity contribution in [3.63, 3.8) is 0 Å². The van der Waals surface area contributed by atoms with E-state index in [0.717, 1.165) is 27.6 Å². The predicted molar refractivity (Wildman–Crippen MR) is 108 cm³/mol. The molecular formula is C26H14Y2-4. The van der Waals surface area contributed by atoms with Crippen LogP contribution in [-0.2, 0) is 65.4 Å². The molecule has 2 radical (unpaired) electrons. The number of hydrogen-bond donors (Lipinski definition) is 0. The minimum Gasteiger partial charge on any atom is -0.351 e. The molecule has 2 heteroatoms. The third-order valence-electron chi connectivity index (χ3n) is 4.68. The van der Waals surface area contributed by atoms with Crippen LogP contribution in [0, 0.1) is 24.3 Å². The smallest absolute Gasteiger partial charge is 0 e. The van der Waals surface area contributed by atoms with Gasteiger partial charge in [-0.3, -0.25) is 17.2 Å². The Hall–Kier alpha value is -1.17. The van der Waals surface area contributed by atoms with Crippen LogP contribution >= 0.6 is 0 Å². The summed E-state index contributed by atoms with van der Waals surface area (Å²) in [5.41, 5.74) is 4.15. The van der Waals surface area contributed by atoms with Gasteiger partial charge in [-0.05, 0) is 0 Å². The first-order valence-electron chi connectivity index (χ1n) is 8.63. The van der Waals surface area contributed by atoms with Gasteiger partial charge in [0.2, 0.25) is 0 Å². The van der Waals surface area contributed by atoms with Gasteiger partial charge in [-0.25, -0.2) is 12.1 Å². The van der Waals surface area contributed by atoms with Gasteiger partial charge in [0.1, 0.15) is 0 Å². The van der Waals surface area contributed by atoms with Crippen molar-refractivity contribution in [3.8, 4) is 22.3 Å². The zero-order chi connectivity index (χ0) is 17.3. The summed E-state index contributed by atoms with van der Waals surface area (Å²) in [4.78, 5) is 0. The molecule has 0 spiro atoms. The van der Waals surface area contributed by atoms with Crippen LogP contribution in [0.3, 0.4) is 0 Å². The Bertz CT molecular complexity index is 1240. The van der Waals surface area contributed by atoms with E-state index in [2.05, 4.69) is 84.9 Å². The van der Waals surface area contributed by atoms with E-state index in [0.29, 0.717) is 0 Å². The van der Waals surface area contributed by atoms with Gasteiger partial charge in [0, 0.05) is 65.4 Å². The minimum atomic E-state index is 0. The quantitative estimate of drug-likeness (QED) is 0.240. The fourth-order valence-electron chi connectivity index (χ4n) is 3.38. The maximum atomic E-state index is 3.50. The first-order valence-corrected chi connectivity index (χ1v) is 8.63. The Morgan fingerprint density at radius 1 is 0.571 bits per heavy atom. The molecule has 0 atom stereocenters. The van der Waals surface area contributed by atoms with Crippen molar-refractivity contribution in [2.45, 2.75) is 0 Å². The molecule has 0 aromatic heterocycles. The number of benzene rings is 5. The largest absolute Gasteiger partial charge is 0.351 e. The Kier molecular flexibility index (Phi) is 7.35. The summed E-state index contributed by atoms with van der Waals surface area (Å²) in [6, 6.07) is 42.5. The molecule has 0 fully saturated rings. The van der Waals surface area contributed by atoms with E-state index in [4.69, 9.17) is 0 Å². The second-order valence-electron chi connectivity index (χ2n) is 6.30. The standard InChI is InChI=1S/C26H14.2Y/c1-2-9-21-17-23(16-15-19(21)7-1)22-11-5-12-24(18-22)26-14-6-10-20-8-3-4-13-25(20)26;;/h1-10,13,15-16,18H;;/q-4;;. The third-order valence-corrected chi connectivity index (χ3v) is 4.68. The maximum absolute atomic E-state index is 3.50.